The van der Waals surface area contributed by atoms with E-state index in [-0.39, 0.29) is 36.4 Å². The van der Waals surface area contributed by atoms with Gasteiger partial charge in [0.1, 0.15) is 17.1 Å². The summed E-state index contributed by atoms with van der Waals surface area (Å²) in [5.74, 6) is 1.01. The summed E-state index contributed by atoms with van der Waals surface area (Å²) < 4.78 is 5.91. The number of benzene rings is 1. The van der Waals surface area contributed by atoms with Gasteiger partial charge in [-0.1, -0.05) is 0 Å². The van der Waals surface area contributed by atoms with Gasteiger partial charge in [-0.3, -0.25) is 4.90 Å². The van der Waals surface area contributed by atoms with Crippen LogP contribution < -0.4 is 10.1 Å². The lowest BCUT2D eigenvalue weighted by atomic mass is 10.00. The minimum Gasteiger partial charge on any atom is -0.508 e. The van der Waals surface area contributed by atoms with Gasteiger partial charge in [-0.05, 0) is 45.4 Å². The highest BCUT2D eigenvalue weighted by Crippen LogP contribution is 2.35. The molecule has 1 saturated heterocycles. The third-order valence-electron chi connectivity index (χ3n) is 3.78. The molecule has 0 unspecified atom stereocenters. The highest BCUT2D eigenvalue weighted by atomic mass is 35.5. The van der Waals surface area contributed by atoms with Crippen LogP contribution in [-0.2, 0) is 0 Å². The fraction of sp³-hybridized carbons (Fsp3) is 0.647. The van der Waals surface area contributed by atoms with Crippen molar-refractivity contribution < 1.29 is 14.9 Å². The molecule has 1 heterocycles. The molecule has 0 amide bonds. The Morgan fingerprint density at radius 2 is 1.91 bits per heavy atom. The number of halogens is 1. The Kier molecular flexibility index (Phi) is 7.61. The molecule has 132 valence electrons. The number of nitrogens with one attached hydrogen (secondary N) is 1. The van der Waals surface area contributed by atoms with E-state index in [0.717, 1.165) is 37.5 Å². The summed E-state index contributed by atoms with van der Waals surface area (Å²) in [5.41, 5.74) is 0.549. The zero-order chi connectivity index (χ0) is 16.2. The molecule has 0 spiro atoms. The van der Waals surface area contributed by atoms with Crippen molar-refractivity contribution in [2.24, 2.45) is 0 Å². The van der Waals surface area contributed by atoms with Crippen molar-refractivity contribution in [2.45, 2.75) is 38.8 Å². The lowest BCUT2D eigenvalue weighted by molar-refractivity contribution is 0.126. The van der Waals surface area contributed by atoms with Crippen LogP contribution in [-0.4, -0.2) is 53.5 Å². The molecule has 5 nitrogen and oxygen atoms in total. The number of hydrogen-bond donors (Lipinski definition) is 3. The van der Waals surface area contributed by atoms with Crippen LogP contribution in [0.1, 0.15) is 38.8 Å². The van der Waals surface area contributed by atoms with E-state index in [0.29, 0.717) is 6.42 Å². The molecule has 1 atom stereocenters. The van der Waals surface area contributed by atoms with Crippen LogP contribution in [0.3, 0.4) is 0 Å². The fourth-order valence-corrected chi connectivity index (χ4v) is 2.87. The van der Waals surface area contributed by atoms with Crippen LogP contribution in [0.2, 0.25) is 0 Å². The SMILES string of the molecule is CC(C)(C)Oc1ccc(O)c([C@@H](CCO)N2CCNCC2)c1.Cl. The van der Waals surface area contributed by atoms with Gasteiger partial charge < -0.3 is 20.3 Å². The van der Waals surface area contributed by atoms with Crippen LogP contribution in [0.15, 0.2) is 18.2 Å². The molecule has 1 fully saturated rings. The first kappa shape index (κ1) is 20.0. The van der Waals surface area contributed by atoms with Crippen molar-refractivity contribution >= 4 is 12.4 Å². The number of phenolic OH excluding ortho intramolecular Hbond substituents is 1. The second kappa shape index (κ2) is 8.73. The van der Waals surface area contributed by atoms with Crippen molar-refractivity contribution in [1.29, 1.82) is 0 Å². The molecule has 0 aromatic heterocycles. The summed E-state index contributed by atoms with van der Waals surface area (Å²) in [4.78, 5) is 2.31. The highest BCUT2D eigenvalue weighted by molar-refractivity contribution is 5.85. The van der Waals surface area contributed by atoms with Gasteiger partial charge in [0.2, 0.25) is 0 Å². The highest BCUT2D eigenvalue weighted by Gasteiger charge is 2.25. The molecule has 23 heavy (non-hydrogen) atoms. The van der Waals surface area contributed by atoms with Crippen molar-refractivity contribution in [1.82, 2.24) is 10.2 Å². The number of rotatable bonds is 5. The van der Waals surface area contributed by atoms with Gasteiger partial charge in [-0.2, -0.15) is 0 Å². The minimum absolute atomic E-state index is 0. The Balaban J connectivity index is 0.00000264. The molecular weight excluding hydrogens is 316 g/mol. The smallest absolute Gasteiger partial charge is 0.120 e. The number of hydrogen-bond acceptors (Lipinski definition) is 5. The normalized spacial score (nSPS) is 17.4. The first-order valence-corrected chi connectivity index (χ1v) is 7.98. The van der Waals surface area contributed by atoms with Crippen molar-refractivity contribution in [3.8, 4) is 11.5 Å². The van der Waals surface area contributed by atoms with Gasteiger partial charge in [0.15, 0.2) is 0 Å². The lowest BCUT2D eigenvalue weighted by Crippen LogP contribution is -2.45. The van der Waals surface area contributed by atoms with Crippen LogP contribution in [0.5, 0.6) is 11.5 Å². The summed E-state index contributed by atoms with van der Waals surface area (Å²) in [6, 6.07) is 5.39. The van der Waals surface area contributed by atoms with Gasteiger partial charge in [-0.25, -0.2) is 0 Å². The lowest BCUT2D eigenvalue weighted by Gasteiger charge is -2.35. The van der Waals surface area contributed by atoms with Gasteiger partial charge in [0, 0.05) is 44.4 Å². The summed E-state index contributed by atoms with van der Waals surface area (Å²) in [6.45, 7) is 9.78. The van der Waals surface area contributed by atoms with Gasteiger partial charge in [-0.15, -0.1) is 12.4 Å². The number of aliphatic hydroxyl groups is 1. The van der Waals surface area contributed by atoms with E-state index in [1.54, 1.807) is 12.1 Å². The predicted molar refractivity (Wildman–Crippen MR) is 94.6 cm³/mol. The zero-order valence-electron chi connectivity index (χ0n) is 14.2. The molecule has 2 rings (SSSR count). The summed E-state index contributed by atoms with van der Waals surface area (Å²) >= 11 is 0. The number of aromatic hydroxyl groups is 1. The fourth-order valence-electron chi connectivity index (χ4n) is 2.87. The maximum Gasteiger partial charge on any atom is 0.120 e. The Labute approximate surface area is 145 Å². The van der Waals surface area contributed by atoms with E-state index in [1.165, 1.54) is 0 Å². The molecule has 1 aromatic rings. The van der Waals surface area contributed by atoms with E-state index in [9.17, 15) is 10.2 Å². The molecular formula is C17H29ClN2O3. The number of nitrogens with zero attached hydrogens (tertiary/aromatic N) is 1. The van der Waals surface area contributed by atoms with Gasteiger partial charge in [0.05, 0.1) is 0 Å². The quantitative estimate of drug-likeness (QED) is 0.765. The Hall–Kier alpha value is -1.01. The van der Waals surface area contributed by atoms with Gasteiger partial charge in [0.25, 0.3) is 0 Å². The van der Waals surface area contributed by atoms with Crippen LogP contribution in [0.4, 0.5) is 0 Å². The van der Waals surface area contributed by atoms with E-state index in [1.807, 2.05) is 26.8 Å². The average molecular weight is 345 g/mol. The number of aliphatic hydroxyl groups excluding tert-OH is 1. The standard InChI is InChI=1S/C17H28N2O3.ClH/c1-17(2,3)22-13-4-5-16(21)14(12-13)15(6-11-20)19-9-7-18-8-10-19;/h4-5,12,15,18,20-21H,6-11H2,1-3H3;1H/t15-;/m1./s1. The zero-order valence-corrected chi connectivity index (χ0v) is 15.0. The van der Waals surface area contributed by atoms with Crippen LogP contribution in [0.25, 0.3) is 0 Å². The monoisotopic (exact) mass is 344 g/mol. The van der Waals surface area contributed by atoms with Crippen molar-refractivity contribution in [2.75, 3.05) is 32.8 Å². The largest absolute Gasteiger partial charge is 0.508 e. The van der Waals surface area contributed by atoms with Crippen molar-refractivity contribution in [3.05, 3.63) is 23.8 Å². The second-order valence-electron chi connectivity index (χ2n) is 6.75. The molecule has 1 aliphatic rings. The Morgan fingerprint density at radius 1 is 1.26 bits per heavy atom. The molecule has 0 saturated carbocycles. The number of piperazine rings is 1. The first-order chi connectivity index (χ1) is 10.4. The third-order valence-corrected chi connectivity index (χ3v) is 3.78. The third kappa shape index (κ3) is 5.84. The number of phenols is 1. The molecule has 0 radical (unpaired) electrons. The second-order valence-corrected chi connectivity index (χ2v) is 6.75. The molecule has 3 N–H and O–H groups in total. The Bertz CT molecular complexity index is 485. The molecule has 6 heteroatoms. The van der Waals surface area contributed by atoms with E-state index in [4.69, 9.17) is 4.74 Å². The maximum atomic E-state index is 10.3. The topological polar surface area (TPSA) is 65.0 Å². The minimum atomic E-state index is -0.282. The first-order valence-electron chi connectivity index (χ1n) is 7.98. The van der Waals surface area contributed by atoms with Crippen molar-refractivity contribution in [3.63, 3.8) is 0 Å². The predicted octanol–water partition coefficient (Wildman–Crippen LogP) is 2.32. The van der Waals surface area contributed by atoms with Crippen LogP contribution in [0, 0.1) is 0 Å². The summed E-state index contributed by atoms with van der Waals surface area (Å²) in [5, 5.41) is 23.0. The number of ether oxygens (including phenoxy) is 1. The maximum absolute atomic E-state index is 10.3. The van der Waals surface area contributed by atoms with Gasteiger partial charge >= 0.3 is 0 Å². The molecule has 1 aliphatic heterocycles. The summed E-state index contributed by atoms with van der Waals surface area (Å²) in [7, 11) is 0. The van der Waals surface area contributed by atoms with E-state index >= 15 is 0 Å². The van der Waals surface area contributed by atoms with E-state index in [2.05, 4.69) is 10.2 Å². The molecule has 1 aromatic carbocycles. The van der Waals surface area contributed by atoms with Crippen LogP contribution >= 0.6 is 12.4 Å². The molecule has 0 bridgehead atoms. The Morgan fingerprint density at radius 3 is 2.48 bits per heavy atom. The molecule has 0 aliphatic carbocycles. The summed E-state index contributed by atoms with van der Waals surface area (Å²) in [6.07, 6.45) is 0.604. The van der Waals surface area contributed by atoms with E-state index < -0.39 is 0 Å². The average Bonchev–Trinajstić information content (AvgIpc) is 2.46.